The number of nitrogens with one attached hydrogen (secondary N) is 2. The minimum Gasteiger partial charge on any atom is -0.335 e. The quantitative estimate of drug-likeness (QED) is 0.904. The number of urea groups is 1. The van der Waals surface area contributed by atoms with Crippen LogP contribution in [0.1, 0.15) is 25.7 Å². The van der Waals surface area contributed by atoms with Crippen LogP contribution in [0.3, 0.4) is 0 Å². The molecular formula is C19H22N4O2. The summed E-state index contributed by atoms with van der Waals surface area (Å²) in [5.74, 6) is -0.0138. The second kappa shape index (κ2) is 6.70. The molecule has 1 aliphatic carbocycles. The van der Waals surface area contributed by atoms with E-state index in [4.69, 9.17) is 0 Å². The molecule has 3 amide bonds. The fourth-order valence-electron chi connectivity index (χ4n) is 3.24. The Morgan fingerprint density at radius 2 is 1.88 bits per heavy atom. The molecule has 2 N–H and O–H groups in total. The summed E-state index contributed by atoms with van der Waals surface area (Å²) in [4.78, 5) is 30.7. The van der Waals surface area contributed by atoms with Crippen molar-refractivity contribution in [3.63, 3.8) is 0 Å². The Bertz CT molecular complexity index is 795. The predicted octanol–water partition coefficient (Wildman–Crippen LogP) is 2.76. The molecule has 6 heteroatoms. The van der Waals surface area contributed by atoms with Crippen LogP contribution in [0.15, 0.2) is 36.5 Å². The molecule has 1 saturated carbocycles. The van der Waals surface area contributed by atoms with Crippen molar-refractivity contribution in [2.24, 2.45) is 5.92 Å². The lowest BCUT2D eigenvalue weighted by atomic mass is 9.96. The van der Waals surface area contributed by atoms with Crippen molar-refractivity contribution in [3.8, 4) is 0 Å². The highest BCUT2D eigenvalue weighted by molar-refractivity contribution is 5.95. The van der Waals surface area contributed by atoms with Gasteiger partial charge in [-0.25, -0.2) is 4.79 Å². The molecule has 0 atom stereocenters. The third-order valence-corrected chi connectivity index (χ3v) is 4.93. The van der Waals surface area contributed by atoms with Crippen LogP contribution in [0.5, 0.6) is 0 Å². The number of hydrogen-bond donors (Lipinski definition) is 2. The van der Waals surface area contributed by atoms with Gasteiger partial charge in [-0.2, -0.15) is 0 Å². The molecule has 0 bridgehead atoms. The molecule has 0 spiro atoms. The summed E-state index contributed by atoms with van der Waals surface area (Å²) in [5.41, 5.74) is 1.70. The summed E-state index contributed by atoms with van der Waals surface area (Å²) in [5, 5.41) is 7.02. The molecule has 1 aromatic carbocycles. The van der Waals surface area contributed by atoms with Crippen LogP contribution in [0.25, 0.3) is 10.9 Å². The molecule has 2 aromatic rings. The largest absolute Gasteiger partial charge is 0.335 e. The number of carbonyl (C=O) groups excluding carboxylic acids is 2. The van der Waals surface area contributed by atoms with Gasteiger partial charge in [0.2, 0.25) is 5.91 Å². The van der Waals surface area contributed by atoms with Gasteiger partial charge in [0, 0.05) is 42.3 Å². The Kier molecular flexibility index (Phi) is 4.26. The molecular weight excluding hydrogens is 316 g/mol. The number of anilines is 1. The smallest absolute Gasteiger partial charge is 0.317 e. The molecule has 1 aromatic heterocycles. The molecule has 1 saturated heterocycles. The van der Waals surface area contributed by atoms with Gasteiger partial charge in [0.25, 0.3) is 0 Å². The van der Waals surface area contributed by atoms with Crippen LogP contribution in [0.4, 0.5) is 10.5 Å². The predicted molar refractivity (Wildman–Crippen MR) is 96.2 cm³/mol. The Labute approximate surface area is 146 Å². The van der Waals surface area contributed by atoms with E-state index in [1.54, 1.807) is 6.20 Å². The van der Waals surface area contributed by atoms with Crippen molar-refractivity contribution >= 4 is 28.5 Å². The first-order chi connectivity index (χ1) is 12.2. The number of pyridine rings is 1. The summed E-state index contributed by atoms with van der Waals surface area (Å²) in [7, 11) is 0. The monoisotopic (exact) mass is 338 g/mol. The number of nitrogens with zero attached hydrogens (tertiary/aromatic N) is 2. The van der Waals surface area contributed by atoms with Crippen LogP contribution < -0.4 is 10.6 Å². The molecule has 1 aliphatic heterocycles. The average molecular weight is 338 g/mol. The van der Waals surface area contributed by atoms with E-state index in [1.807, 2.05) is 35.2 Å². The standard InChI is InChI=1S/C19H22N4O2/c24-18(21-16-5-6-17-14(12-16)2-1-9-20-17)13-7-10-23(11-8-13)19(25)22-15-3-4-15/h1-2,5-6,9,12-13,15H,3-4,7-8,10-11H2,(H,21,24)(H,22,25). The molecule has 25 heavy (non-hydrogen) atoms. The normalized spacial score (nSPS) is 18.2. The number of benzene rings is 1. The molecule has 4 rings (SSSR count). The first-order valence-corrected chi connectivity index (χ1v) is 8.90. The van der Waals surface area contributed by atoms with Crippen molar-refractivity contribution in [1.29, 1.82) is 0 Å². The Morgan fingerprint density at radius 1 is 1.08 bits per heavy atom. The van der Waals surface area contributed by atoms with Gasteiger partial charge in [-0.15, -0.1) is 0 Å². The van der Waals surface area contributed by atoms with E-state index in [0.717, 1.165) is 29.4 Å². The molecule has 130 valence electrons. The molecule has 0 radical (unpaired) electrons. The lowest BCUT2D eigenvalue weighted by molar-refractivity contribution is -0.121. The van der Waals surface area contributed by atoms with Crippen molar-refractivity contribution in [2.75, 3.05) is 18.4 Å². The topological polar surface area (TPSA) is 74.3 Å². The van der Waals surface area contributed by atoms with Gasteiger partial charge >= 0.3 is 6.03 Å². The number of rotatable bonds is 3. The molecule has 0 unspecified atom stereocenters. The number of carbonyl (C=O) groups is 2. The average Bonchev–Trinajstić information content (AvgIpc) is 3.45. The van der Waals surface area contributed by atoms with Gasteiger partial charge in [0.15, 0.2) is 0 Å². The van der Waals surface area contributed by atoms with Gasteiger partial charge in [0.1, 0.15) is 0 Å². The van der Waals surface area contributed by atoms with E-state index in [1.165, 1.54) is 0 Å². The van der Waals surface area contributed by atoms with Crippen LogP contribution in [-0.2, 0) is 4.79 Å². The van der Waals surface area contributed by atoms with E-state index < -0.39 is 0 Å². The van der Waals surface area contributed by atoms with E-state index in [0.29, 0.717) is 32.0 Å². The number of hydrogen-bond acceptors (Lipinski definition) is 3. The highest BCUT2D eigenvalue weighted by Gasteiger charge is 2.30. The van der Waals surface area contributed by atoms with E-state index in [-0.39, 0.29) is 17.9 Å². The third kappa shape index (κ3) is 3.73. The lowest BCUT2D eigenvalue weighted by Crippen LogP contribution is -2.46. The zero-order valence-electron chi connectivity index (χ0n) is 14.1. The summed E-state index contributed by atoms with van der Waals surface area (Å²) in [6.07, 6.45) is 5.35. The summed E-state index contributed by atoms with van der Waals surface area (Å²) < 4.78 is 0. The number of piperidine rings is 1. The molecule has 2 aliphatic rings. The summed E-state index contributed by atoms with van der Waals surface area (Å²) in [6.45, 7) is 1.27. The van der Waals surface area contributed by atoms with Gasteiger partial charge in [0.05, 0.1) is 5.52 Å². The highest BCUT2D eigenvalue weighted by atomic mass is 16.2. The van der Waals surface area contributed by atoms with E-state index in [2.05, 4.69) is 15.6 Å². The number of fused-ring (bicyclic) bond motifs is 1. The van der Waals surface area contributed by atoms with Gasteiger partial charge in [-0.3, -0.25) is 9.78 Å². The minimum atomic E-state index is -0.0467. The lowest BCUT2D eigenvalue weighted by Gasteiger charge is -2.31. The number of amides is 3. The summed E-state index contributed by atoms with van der Waals surface area (Å²) >= 11 is 0. The van der Waals surface area contributed by atoms with Crippen LogP contribution in [0, 0.1) is 5.92 Å². The Morgan fingerprint density at radius 3 is 2.64 bits per heavy atom. The SMILES string of the molecule is O=C(Nc1ccc2ncccc2c1)C1CCN(C(=O)NC2CC2)CC1. The van der Waals surface area contributed by atoms with Crippen LogP contribution in [-0.4, -0.2) is 41.0 Å². The second-order valence-electron chi connectivity index (χ2n) is 6.89. The minimum absolute atomic E-state index is 0.0170. The first-order valence-electron chi connectivity index (χ1n) is 8.90. The maximum atomic E-state index is 12.5. The van der Waals surface area contributed by atoms with E-state index >= 15 is 0 Å². The molecule has 2 fully saturated rings. The highest BCUT2D eigenvalue weighted by Crippen LogP contribution is 2.23. The van der Waals surface area contributed by atoms with Crippen molar-refractivity contribution in [1.82, 2.24) is 15.2 Å². The Hall–Kier alpha value is -2.63. The van der Waals surface area contributed by atoms with Crippen molar-refractivity contribution in [3.05, 3.63) is 36.5 Å². The zero-order valence-corrected chi connectivity index (χ0v) is 14.1. The molecule has 2 heterocycles. The van der Waals surface area contributed by atoms with Crippen LogP contribution in [0.2, 0.25) is 0 Å². The fourth-order valence-corrected chi connectivity index (χ4v) is 3.24. The summed E-state index contributed by atoms with van der Waals surface area (Å²) in [6, 6.07) is 9.99. The second-order valence-corrected chi connectivity index (χ2v) is 6.89. The van der Waals surface area contributed by atoms with Crippen LogP contribution >= 0.6 is 0 Å². The molecule has 6 nitrogen and oxygen atoms in total. The van der Waals surface area contributed by atoms with Gasteiger partial charge < -0.3 is 15.5 Å². The van der Waals surface area contributed by atoms with Crippen molar-refractivity contribution < 1.29 is 9.59 Å². The van der Waals surface area contributed by atoms with Gasteiger partial charge in [-0.1, -0.05) is 6.07 Å². The number of likely N-dealkylation sites (tertiary alicyclic amines) is 1. The maximum absolute atomic E-state index is 12.5. The van der Waals surface area contributed by atoms with Crippen molar-refractivity contribution in [2.45, 2.75) is 31.7 Å². The zero-order chi connectivity index (χ0) is 17.2. The van der Waals surface area contributed by atoms with E-state index in [9.17, 15) is 9.59 Å². The number of aromatic nitrogens is 1. The van der Waals surface area contributed by atoms with Gasteiger partial charge in [-0.05, 0) is 49.9 Å². The third-order valence-electron chi connectivity index (χ3n) is 4.93. The fraction of sp³-hybridized carbons (Fsp3) is 0.421. The maximum Gasteiger partial charge on any atom is 0.317 e. The Balaban J connectivity index is 1.32. The first kappa shape index (κ1) is 15.9.